The van der Waals surface area contributed by atoms with Gasteiger partial charge in [0, 0.05) is 0 Å². The largest absolute Gasteiger partial charge is 0.475 e. The molecule has 0 amide bonds. The maximum atomic E-state index is 12.3. The first-order valence-corrected chi connectivity index (χ1v) is 5.08. The van der Waals surface area contributed by atoms with Crippen LogP contribution in [0, 0.1) is 0 Å². The monoisotopic (exact) mass is 272 g/mol. The quantitative estimate of drug-likeness (QED) is 0.928. The predicted molar refractivity (Wildman–Crippen MR) is 55.5 cm³/mol. The number of nitrogens with zero attached hydrogens (tertiary/aromatic N) is 2. The average Bonchev–Trinajstić information content (AvgIpc) is 2.77. The Bertz CT molecular complexity index is 590. The smallest absolute Gasteiger partial charge is 0.416 e. The van der Waals surface area contributed by atoms with Crippen molar-refractivity contribution in [1.82, 2.24) is 10.1 Å². The van der Waals surface area contributed by atoms with Gasteiger partial charge in [-0.2, -0.15) is 18.2 Å². The van der Waals surface area contributed by atoms with Gasteiger partial charge in [-0.25, -0.2) is 4.79 Å². The maximum Gasteiger partial charge on any atom is 0.416 e. The molecule has 0 atom stereocenters. The summed E-state index contributed by atoms with van der Waals surface area (Å²) >= 11 is 0. The Hall–Kier alpha value is -2.38. The Kier molecular flexibility index (Phi) is 3.24. The van der Waals surface area contributed by atoms with E-state index in [2.05, 4.69) is 14.7 Å². The summed E-state index contributed by atoms with van der Waals surface area (Å²) in [4.78, 5) is 14.1. The van der Waals surface area contributed by atoms with E-state index in [-0.39, 0.29) is 12.3 Å². The molecule has 1 heterocycles. The predicted octanol–water partition coefficient (Wildman–Crippen LogP) is 2.38. The van der Waals surface area contributed by atoms with Crippen LogP contribution < -0.4 is 0 Å². The molecule has 0 aliphatic carbocycles. The second kappa shape index (κ2) is 4.71. The highest BCUT2D eigenvalue weighted by atomic mass is 19.4. The lowest BCUT2D eigenvalue weighted by Gasteiger charge is -2.06. The van der Waals surface area contributed by atoms with Gasteiger partial charge in [-0.3, -0.25) is 0 Å². The van der Waals surface area contributed by atoms with Crippen LogP contribution >= 0.6 is 0 Å². The van der Waals surface area contributed by atoms with Crippen molar-refractivity contribution in [3.8, 4) is 0 Å². The van der Waals surface area contributed by atoms with Crippen molar-refractivity contribution in [1.29, 1.82) is 0 Å². The first-order valence-electron chi connectivity index (χ1n) is 5.08. The van der Waals surface area contributed by atoms with Gasteiger partial charge < -0.3 is 9.63 Å². The molecule has 2 rings (SSSR count). The molecule has 0 fully saturated rings. The number of alkyl halides is 3. The number of aromatic nitrogens is 2. The topological polar surface area (TPSA) is 76.2 Å². The van der Waals surface area contributed by atoms with Crippen molar-refractivity contribution in [3.05, 3.63) is 47.1 Å². The number of aromatic carboxylic acids is 1. The second-order valence-electron chi connectivity index (χ2n) is 3.69. The van der Waals surface area contributed by atoms with Crippen molar-refractivity contribution >= 4 is 5.97 Å². The minimum atomic E-state index is -4.39. The summed E-state index contributed by atoms with van der Waals surface area (Å²) in [6.45, 7) is 0. The number of carboxylic acid groups (broad SMARTS) is 1. The highest BCUT2D eigenvalue weighted by Gasteiger charge is 2.29. The van der Waals surface area contributed by atoms with E-state index in [4.69, 9.17) is 5.11 Å². The van der Waals surface area contributed by atoms with Gasteiger partial charge >= 0.3 is 12.1 Å². The molecule has 1 aromatic heterocycles. The first kappa shape index (κ1) is 13.1. The van der Waals surface area contributed by atoms with Gasteiger partial charge in [-0.15, -0.1) is 0 Å². The van der Waals surface area contributed by atoms with Crippen LogP contribution in [0.15, 0.2) is 28.8 Å². The molecular formula is C11H7F3N2O3. The number of benzene rings is 1. The zero-order valence-corrected chi connectivity index (χ0v) is 9.31. The molecule has 0 aliphatic heterocycles. The third kappa shape index (κ3) is 3.09. The zero-order chi connectivity index (χ0) is 14.0. The molecule has 8 heteroatoms. The normalized spacial score (nSPS) is 11.5. The van der Waals surface area contributed by atoms with Gasteiger partial charge in [0.25, 0.3) is 5.82 Å². The van der Waals surface area contributed by atoms with Crippen molar-refractivity contribution in [2.45, 2.75) is 12.6 Å². The van der Waals surface area contributed by atoms with Crippen molar-refractivity contribution in [3.63, 3.8) is 0 Å². The highest BCUT2D eigenvalue weighted by Crippen LogP contribution is 2.29. The van der Waals surface area contributed by atoms with Gasteiger partial charge in [0.15, 0.2) is 0 Å². The Morgan fingerprint density at radius 3 is 2.37 bits per heavy atom. The van der Waals surface area contributed by atoms with E-state index in [1.807, 2.05) is 0 Å². The lowest BCUT2D eigenvalue weighted by molar-refractivity contribution is -0.137. The lowest BCUT2D eigenvalue weighted by atomic mass is 10.1. The zero-order valence-electron chi connectivity index (χ0n) is 9.31. The van der Waals surface area contributed by atoms with Crippen LogP contribution in [0.2, 0.25) is 0 Å². The number of carbonyl (C=O) groups is 1. The molecule has 0 saturated heterocycles. The van der Waals surface area contributed by atoms with Gasteiger partial charge in [-0.1, -0.05) is 12.1 Å². The van der Waals surface area contributed by atoms with Crippen LogP contribution in [0.4, 0.5) is 13.2 Å². The van der Waals surface area contributed by atoms with Gasteiger partial charge in [0.1, 0.15) is 0 Å². The van der Waals surface area contributed by atoms with Crippen molar-refractivity contribution in [2.24, 2.45) is 0 Å². The number of hydrogen-bond donors (Lipinski definition) is 1. The SMILES string of the molecule is O=C(O)c1noc(Cc2ccc(C(F)(F)F)cc2)n1. The number of halogens is 3. The Balaban J connectivity index is 2.13. The molecule has 0 aliphatic rings. The Morgan fingerprint density at radius 1 is 1.26 bits per heavy atom. The molecule has 0 unspecified atom stereocenters. The van der Waals surface area contributed by atoms with E-state index in [9.17, 15) is 18.0 Å². The Morgan fingerprint density at radius 2 is 1.89 bits per heavy atom. The molecular weight excluding hydrogens is 265 g/mol. The van der Waals surface area contributed by atoms with Crippen LogP contribution in [0.3, 0.4) is 0 Å². The molecule has 0 radical (unpaired) electrons. The van der Waals surface area contributed by atoms with Crippen LogP contribution in [0.5, 0.6) is 0 Å². The summed E-state index contributed by atoms with van der Waals surface area (Å²) in [7, 11) is 0. The van der Waals surface area contributed by atoms with Crippen LogP contribution in [0.1, 0.15) is 27.6 Å². The first-order chi connectivity index (χ1) is 8.86. The summed E-state index contributed by atoms with van der Waals surface area (Å²) in [5.41, 5.74) is -0.249. The van der Waals surface area contributed by atoms with Crippen LogP contribution in [0.25, 0.3) is 0 Å². The summed E-state index contributed by atoms with van der Waals surface area (Å²) in [6.07, 6.45) is -4.32. The van der Waals surface area contributed by atoms with E-state index in [1.54, 1.807) is 0 Å². The number of carboxylic acids is 1. The second-order valence-corrected chi connectivity index (χ2v) is 3.69. The molecule has 19 heavy (non-hydrogen) atoms. The maximum absolute atomic E-state index is 12.3. The van der Waals surface area contributed by atoms with Gasteiger partial charge in [-0.05, 0) is 22.9 Å². The molecule has 5 nitrogen and oxygen atoms in total. The minimum absolute atomic E-state index is 0.0251. The standard InChI is InChI=1S/C11H7F3N2O3/c12-11(13,14)7-3-1-6(2-4-7)5-8-15-9(10(17)18)16-19-8/h1-4H,5H2,(H,17,18). The van der Waals surface area contributed by atoms with E-state index in [0.29, 0.717) is 5.56 Å². The fourth-order valence-electron chi connectivity index (χ4n) is 1.40. The summed E-state index contributed by atoms with van der Waals surface area (Å²) in [6, 6.07) is 4.41. The minimum Gasteiger partial charge on any atom is -0.475 e. The third-order valence-electron chi connectivity index (χ3n) is 2.30. The van der Waals surface area contributed by atoms with Crippen LogP contribution in [-0.2, 0) is 12.6 Å². The average molecular weight is 272 g/mol. The van der Waals surface area contributed by atoms with Crippen molar-refractivity contribution < 1.29 is 27.6 Å². The molecule has 1 N–H and O–H groups in total. The fraction of sp³-hybridized carbons (Fsp3) is 0.182. The lowest BCUT2D eigenvalue weighted by Crippen LogP contribution is -2.04. The van der Waals surface area contributed by atoms with E-state index >= 15 is 0 Å². The van der Waals surface area contributed by atoms with Gasteiger partial charge in [0.05, 0.1) is 12.0 Å². The molecule has 2 aromatic rings. The summed E-state index contributed by atoms with van der Waals surface area (Å²) < 4.78 is 41.7. The molecule has 100 valence electrons. The van der Waals surface area contributed by atoms with Crippen molar-refractivity contribution in [2.75, 3.05) is 0 Å². The van der Waals surface area contributed by atoms with E-state index < -0.39 is 23.5 Å². The van der Waals surface area contributed by atoms with Gasteiger partial charge in [0.2, 0.25) is 5.89 Å². The Labute approximate surface area is 104 Å². The summed E-state index contributed by atoms with van der Waals surface area (Å²) in [5, 5.41) is 11.8. The fourth-order valence-corrected chi connectivity index (χ4v) is 1.40. The number of rotatable bonds is 3. The van der Waals surface area contributed by atoms with E-state index in [0.717, 1.165) is 12.1 Å². The molecule has 0 saturated carbocycles. The van der Waals surface area contributed by atoms with E-state index in [1.165, 1.54) is 12.1 Å². The molecule has 0 bridgehead atoms. The number of hydrogen-bond acceptors (Lipinski definition) is 4. The summed E-state index contributed by atoms with van der Waals surface area (Å²) in [5.74, 6) is -1.79. The molecule has 0 spiro atoms. The highest BCUT2D eigenvalue weighted by molar-refractivity contribution is 5.82. The van der Waals surface area contributed by atoms with Crippen LogP contribution in [-0.4, -0.2) is 21.2 Å². The molecule has 1 aromatic carbocycles. The third-order valence-corrected chi connectivity index (χ3v) is 2.30.